The van der Waals surface area contributed by atoms with Gasteiger partial charge in [-0.1, -0.05) is 0 Å². The van der Waals surface area contributed by atoms with E-state index in [1.165, 1.54) is 6.20 Å². The largest absolute Gasteiger partial charge is 0.353 e. The summed E-state index contributed by atoms with van der Waals surface area (Å²) in [4.78, 5) is 42.9. The fourth-order valence-electron chi connectivity index (χ4n) is 2.91. The van der Waals surface area contributed by atoms with Crippen LogP contribution in [0.3, 0.4) is 0 Å². The molecule has 0 bridgehead atoms. The Morgan fingerprint density at radius 2 is 2.04 bits per heavy atom. The van der Waals surface area contributed by atoms with Crippen molar-refractivity contribution < 1.29 is 14.4 Å². The molecule has 2 saturated heterocycles. The second-order valence-corrected chi connectivity index (χ2v) is 5.94. The van der Waals surface area contributed by atoms with Crippen LogP contribution in [0, 0.1) is 11.3 Å². The van der Waals surface area contributed by atoms with Crippen LogP contribution in [0.15, 0.2) is 18.3 Å². The lowest BCUT2D eigenvalue weighted by Gasteiger charge is -2.35. The van der Waals surface area contributed by atoms with Crippen LogP contribution in [0.25, 0.3) is 0 Å². The Morgan fingerprint density at radius 1 is 1.28 bits per heavy atom. The van der Waals surface area contributed by atoms with Gasteiger partial charge in [0.1, 0.15) is 17.9 Å². The van der Waals surface area contributed by atoms with Crippen molar-refractivity contribution in [3.8, 4) is 6.07 Å². The van der Waals surface area contributed by atoms with Crippen molar-refractivity contribution in [1.29, 1.82) is 5.26 Å². The normalized spacial score (nSPS) is 20.0. The second-order valence-electron chi connectivity index (χ2n) is 5.94. The number of nitrogens with one attached hydrogen (secondary N) is 2. The summed E-state index contributed by atoms with van der Waals surface area (Å²) in [7, 11) is 0. The molecule has 1 atom stereocenters. The fraction of sp³-hybridized carbons (Fsp3) is 0.438. The monoisotopic (exact) mass is 342 g/mol. The van der Waals surface area contributed by atoms with Gasteiger partial charge in [0.2, 0.25) is 5.91 Å². The molecule has 1 aromatic heterocycles. The van der Waals surface area contributed by atoms with E-state index >= 15 is 0 Å². The first-order chi connectivity index (χ1) is 12.1. The van der Waals surface area contributed by atoms with Gasteiger partial charge in [0, 0.05) is 38.8 Å². The number of hydrogen-bond acceptors (Lipinski definition) is 6. The molecule has 0 aliphatic carbocycles. The maximum Gasteiger partial charge on any atom is 0.322 e. The third kappa shape index (κ3) is 3.85. The standard InChI is InChI=1S/C16H18N6O3/c17-9-11-1-3-13(18-10-11)21-5-7-22(8-6-21)14(23)4-2-12-15(24)20-16(25)19-12/h1,3,10,12H,2,4-8H2,(H2,19,20,24,25). The summed E-state index contributed by atoms with van der Waals surface area (Å²) < 4.78 is 0. The number of rotatable bonds is 4. The van der Waals surface area contributed by atoms with Gasteiger partial charge in [0.25, 0.3) is 5.91 Å². The topological polar surface area (TPSA) is 118 Å². The van der Waals surface area contributed by atoms with Gasteiger partial charge in [-0.15, -0.1) is 0 Å². The van der Waals surface area contributed by atoms with Crippen molar-refractivity contribution in [2.75, 3.05) is 31.1 Å². The van der Waals surface area contributed by atoms with Gasteiger partial charge in [-0.2, -0.15) is 5.26 Å². The Morgan fingerprint density at radius 3 is 2.60 bits per heavy atom. The van der Waals surface area contributed by atoms with Crippen molar-refractivity contribution in [3.05, 3.63) is 23.9 Å². The summed E-state index contributed by atoms with van der Waals surface area (Å²) in [5, 5.41) is 13.4. The van der Waals surface area contributed by atoms with Crippen molar-refractivity contribution in [1.82, 2.24) is 20.5 Å². The molecular formula is C16H18N6O3. The van der Waals surface area contributed by atoms with E-state index in [0.29, 0.717) is 38.2 Å². The van der Waals surface area contributed by atoms with Crippen molar-refractivity contribution >= 4 is 23.7 Å². The van der Waals surface area contributed by atoms with Gasteiger partial charge in [0.15, 0.2) is 0 Å². The average molecular weight is 342 g/mol. The molecule has 2 aliphatic rings. The number of imide groups is 1. The molecule has 2 aliphatic heterocycles. The number of anilines is 1. The molecule has 2 N–H and O–H groups in total. The van der Waals surface area contributed by atoms with Crippen LogP contribution in [0.1, 0.15) is 18.4 Å². The zero-order chi connectivity index (χ0) is 17.8. The van der Waals surface area contributed by atoms with E-state index in [4.69, 9.17) is 5.26 Å². The molecule has 0 aromatic carbocycles. The van der Waals surface area contributed by atoms with Gasteiger partial charge < -0.3 is 15.1 Å². The van der Waals surface area contributed by atoms with E-state index in [0.717, 1.165) is 5.82 Å². The first kappa shape index (κ1) is 16.7. The summed E-state index contributed by atoms with van der Waals surface area (Å²) in [6.45, 7) is 2.46. The molecule has 0 spiro atoms. The molecule has 3 rings (SSSR count). The number of hydrogen-bond donors (Lipinski definition) is 2. The van der Waals surface area contributed by atoms with Crippen molar-refractivity contribution in [2.45, 2.75) is 18.9 Å². The maximum absolute atomic E-state index is 12.3. The zero-order valence-electron chi connectivity index (χ0n) is 13.6. The number of nitrogens with zero attached hydrogens (tertiary/aromatic N) is 4. The molecule has 25 heavy (non-hydrogen) atoms. The summed E-state index contributed by atoms with van der Waals surface area (Å²) in [5.74, 6) is 0.382. The highest BCUT2D eigenvalue weighted by Gasteiger charge is 2.30. The molecule has 3 heterocycles. The van der Waals surface area contributed by atoms with Crippen LogP contribution in [-0.2, 0) is 9.59 Å². The number of amides is 4. The third-order valence-corrected chi connectivity index (χ3v) is 4.34. The Hall–Kier alpha value is -3.15. The van der Waals surface area contributed by atoms with Crippen LogP contribution >= 0.6 is 0 Å². The van der Waals surface area contributed by atoms with Crippen LogP contribution in [-0.4, -0.2) is 60.0 Å². The molecule has 9 nitrogen and oxygen atoms in total. The van der Waals surface area contributed by atoms with Crippen molar-refractivity contribution in [2.24, 2.45) is 0 Å². The molecule has 4 amide bonds. The molecular weight excluding hydrogens is 324 g/mol. The van der Waals surface area contributed by atoms with Gasteiger partial charge in [-0.3, -0.25) is 14.9 Å². The molecule has 0 saturated carbocycles. The Labute approximate surface area is 144 Å². The van der Waals surface area contributed by atoms with E-state index < -0.39 is 12.1 Å². The van der Waals surface area contributed by atoms with Gasteiger partial charge in [0.05, 0.1) is 5.56 Å². The van der Waals surface area contributed by atoms with Crippen LogP contribution in [0.2, 0.25) is 0 Å². The smallest absolute Gasteiger partial charge is 0.322 e. The highest BCUT2D eigenvalue weighted by Crippen LogP contribution is 2.15. The number of carbonyl (C=O) groups excluding carboxylic acids is 3. The number of pyridine rings is 1. The number of urea groups is 1. The molecule has 1 unspecified atom stereocenters. The van der Waals surface area contributed by atoms with E-state index in [1.54, 1.807) is 17.0 Å². The lowest BCUT2D eigenvalue weighted by molar-refractivity contribution is -0.131. The van der Waals surface area contributed by atoms with Crippen LogP contribution in [0.5, 0.6) is 0 Å². The second kappa shape index (κ2) is 7.17. The molecule has 1 aromatic rings. The molecule has 0 radical (unpaired) electrons. The van der Waals surface area contributed by atoms with Gasteiger partial charge >= 0.3 is 6.03 Å². The highest BCUT2D eigenvalue weighted by molar-refractivity contribution is 6.04. The Balaban J connectivity index is 1.46. The summed E-state index contributed by atoms with van der Waals surface area (Å²) in [6, 6.07) is 4.43. The van der Waals surface area contributed by atoms with Crippen molar-refractivity contribution in [3.63, 3.8) is 0 Å². The number of nitriles is 1. The quantitative estimate of drug-likeness (QED) is 0.718. The van der Waals surface area contributed by atoms with E-state index in [2.05, 4.69) is 20.5 Å². The fourth-order valence-corrected chi connectivity index (χ4v) is 2.91. The van der Waals surface area contributed by atoms with Gasteiger partial charge in [-0.25, -0.2) is 9.78 Å². The van der Waals surface area contributed by atoms with E-state index in [9.17, 15) is 14.4 Å². The summed E-state index contributed by atoms with van der Waals surface area (Å²) in [6.07, 6.45) is 2.05. The number of piperazine rings is 1. The maximum atomic E-state index is 12.3. The molecule has 2 fully saturated rings. The minimum atomic E-state index is -0.624. The lowest BCUT2D eigenvalue weighted by Crippen LogP contribution is -2.49. The van der Waals surface area contributed by atoms with Gasteiger partial charge in [-0.05, 0) is 18.6 Å². The third-order valence-electron chi connectivity index (χ3n) is 4.34. The summed E-state index contributed by atoms with van der Waals surface area (Å²) >= 11 is 0. The number of carbonyl (C=O) groups is 3. The first-order valence-electron chi connectivity index (χ1n) is 8.07. The minimum Gasteiger partial charge on any atom is -0.353 e. The first-order valence-corrected chi connectivity index (χ1v) is 8.07. The minimum absolute atomic E-state index is 0.0265. The zero-order valence-corrected chi connectivity index (χ0v) is 13.6. The Bertz CT molecular complexity index is 718. The molecule has 130 valence electrons. The average Bonchev–Trinajstić information content (AvgIpc) is 2.97. The van der Waals surface area contributed by atoms with E-state index in [1.807, 2.05) is 6.07 Å². The predicted octanol–water partition coefficient (Wildman–Crippen LogP) is -0.410. The summed E-state index contributed by atoms with van der Waals surface area (Å²) in [5.41, 5.74) is 0.514. The SMILES string of the molecule is N#Cc1ccc(N2CCN(C(=O)CCC3NC(=O)NC3=O)CC2)nc1. The predicted molar refractivity (Wildman–Crippen MR) is 87.4 cm³/mol. The molecule has 9 heteroatoms. The van der Waals surface area contributed by atoms with Crippen LogP contribution in [0.4, 0.5) is 10.6 Å². The lowest BCUT2D eigenvalue weighted by atomic mass is 10.1. The Kier molecular flexibility index (Phi) is 4.79. The van der Waals surface area contributed by atoms with Crippen LogP contribution < -0.4 is 15.5 Å². The highest BCUT2D eigenvalue weighted by atomic mass is 16.2. The number of aromatic nitrogens is 1. The van der Waals surface area contributed by atoms with E-state index in [-0.39, 0.29) is 18.2 Å².